The Morgan fingerprint density at radius 1 is 1.00 bits per heavy atom. The number of esters is 1. The first-order valence-electron chi connectivity index (χ1n) is 9.59. The lowest BCUT2D eigenvalue weighted by molar-refractivity contribution is -0.148. The lowest BCUT2D eigenvalue weighted by atomic mass is 10.1. The number of urea groups is 1. The molecule has 0 fully saturated rings. The van der Waals surface area contributed by atoms with E-state index in [0.29, 0.717) is 12.1 Å². The second-order valence-electron chi connectivity index (χ2n) is 6.98. The molecule has 154 valence electrons. The van der Waals surface area contributed by atoms with Gasteiger partial charge in [-0.25, -0.2) is 4.79 Å². The molecule has 3 amide bonds. The standard InChI is InChI=1S/C23H23N3O4/c1-15-7-11-19(16(2)13-15)25-23(29)26-21(27)14-30-22(28)12-10-18-9-8-17-5-3-4-6-20(17)24-18/h3-9,11,13H,10,12,14H2,1-2H3,(H2,25,26,27,29). The predicted octanol–water partition coefficient (Wildman–Crippen LogP) is 3.68. The molecule has 2 N–H and O–H groups in total. The largest absolute Gasteiger partial charge is 0.456 e. The highest BCUT2D eigenvalue weighted by molar-refractivity contribution is 6.02. The van der Waals surface area contributed by atoms with Crippen LogP contribution in [0.5, 0.6) is 0 Å². The maximum atomic E-state index is 11.9. The summed E-state index contributed by atoms with van der Waals surface area (Å²) in [6.07, 6.45) is 0.492. The van der Waals surface area contributed by atoms with Crippen molar-refractivity contribution in [2.45, 2.75) is 26.7 Å². The average Bonchev–Trinajstić information content (AvgIpc) is 2.72. The Bertz CT molecular complexity index is 1090. The number of ether oxygens (including phenoxy) is 1. The molecule has 7 heteroatoms. The molecule has 0 radical (unpaired) electrons. The van der Waals surface area contributed by atoms with Gasteiger partial charge >= 0.3 is 12.0 Å². The fraction of sp³-hybridized carbons (Fsp3) is 0.217. The smallest absolute Gasteiger partial charge is 0.325 e. The first-order chi connectivity index (χ1) is 14.4. The fourth-order valence-electron chi connectivity index (χ4n) is 2.97. The van der Waals surface area contributed by atoms with E-state index in [-0.39, 0.29) is 6.42 Å². The number of amides is 3. The molecule has 7 nitrogen and oxygen atoms in total. The third-order valence-electron chi connectivity index (χ3n) is 4.49. The Hall–Kier alpha value is -3.74. The van der Waals surface area contributed by atoms with Crippen molar-refractivity contribution in [1.29, 1.82) is 0 Å². The lowest BCUT2D eigenvalue weighted by Crippen LogP contribution is -2.37. The van der Waals surface area contributed by atoms with Crippen LogP contribution in [-0.4, -0.2) is 29.5 Å². The number of hydrogen-bond acceptors (Lipinski definition) is 5. The zero-order chi connectivity index (χ0) is 21.5. The van der Waals surface area contributed by atoms with Crippen LogP contribution in [-0.2, 0) is 20.7 Å². The Morgan fingerprint density at radius 3 is 2.60 bits per heavy atom. The minimum atomic E-state index is -0.700. The first kappa shape index (κ1) is 21.0. The molecule has 3 aromatic rings. The van der Waals surface area contributed by atoms with Crippen LogP contribution < -0.4 is 10.6 Å². The van der Waals surface area contributed by atoms with Gasteiger partial charge in [-0.3, -0.25) is 19.9 Å². The van der Waals surface area contributed by atoms with Gasteiger partial charge in [-0.2, -0.15) is 0 Å². The highest BCUT2D eigenvalue weighted by Crippen LogP contribution is 2.16. The van der Waals surface area contributed by atoms with Gasteiger partial charge in [0.25, 0.3) is 5.91 Å². The van der Waals surface area contributed by atoms with Gasteiger partial charge in [-0.15, -0.1) is 0 Å². The molecule has 0 saturated heterocycles. The number of nitrogens with zero attached hydrogens (tertiary/aromatic N) is 1. The van der Waals surface area contributed by atoms with E-state index in [0.717, 1.165) is 27.7 Å². The molecule has 1 heterocycles. The summed E-state index contributed by atoms with van der Waals surface area (Å²) in [4.78, 5) is 40.2. The Labute approximate surface area is 174 Å². The van der Waals surface area contributed by atoms with Gasteiger partial charge in [-0.1, -0.05) is 42.0 Å². The van der Waals surface area contributed by atoms with Crippen LogP contribution in [0, 0.1) is 13.8 Å². The van der Waals surface area contributed by atoms with E-state index in [1.54, 1.807) is 6.07 Å². The molecule has 0 aliphatic heterocycles. The number of carbonyl (C=O) groups excluding carboxylic acids is 3. The van der Waals surface area contributed by atoms with Crippen LogP contribution in [0.1, 0.15) is 23.2 Å². The molecule has 1 aromatic heterocycles. The van der Waals surface area contributed by atoms with E-state index < -0.39 is 24.5 Å². The van der Waals surface area contributed by atoms with Crippen LogP contribution in [0.25, 0.3) is 10.9 Å². The quantitative estimate of drug-likeness (QED) is 0.610. The topological polar surface area (TPSA) is 97.4 Å². The van der Waals surface area contributed by atoms with Gasteiger partial charge in [-0.05, 0) is 37.6 Å². The van der Waals surface area contributed by atoms with Crippen LogP contribution in [0.3, 0.4) is 0 Å². The molecule has 0 spiro atoms. The number of hydrogen-bond donors (Lipinski definition) is 2. The number of para-hydroxylation sites is 1. The van der Waals surface area contributed by atoms with E-state index in [4.69, 9.17) is 4.74 Å². The third kappa shape index (κ3) is 5.88. The second kappa shape index (κ2) is 9.65. The van der Waals surface area contributed by atoms with Crippen LogP contribution >= 0.6 is 0 Å². The monoisotopic (exact) mass is 405 g/mol. The number of carbonyl (C=O) groups is 3. The summed E-state index contributed by atoms with van der Waals surface area (Å²) in [6, 6.07) is 16.4. The third-order valence-corrected chi connectivity index (χ3v) is 4.49. The van der Waals surface area contributed by atoms with E-state index in [1.165, 1.54) is 0 Å². The SMILES string of the molecule is Cc1ccc(NC(=O)NC(=O)COC(=O)CCc2ccc3ccccc3n2)c(C)c1. The number of rotatable bonds is 6. The summed E-state index contributed by atoms with van der Waals surface area (Å²) >= 11 is 0. The molecule has 0 atom stereocenters. The Kier molecular flexibility index (Phi) is 6.75. The number of fused-ring (bicyclic) bond motifs is 1. The molecule has 3 rings (SSSR count). The summed E-state index contributed by atoms with van der Waals surface area (Å²) in [6.45, 7) is 3.28. The lowest BCUT2D eigenvalue weighted by Gasteiger charge is -2.10. The van der Waals surface area contributed by atoms with Crippen molar-refractivity contribution in [3.05, 3.63) is 71.4 Å². The average molecular weight is 405 g/mol. The van der Waals surface area contributed by atoms with E-state index in [1.807, 2.05) is 62.4 Å². The van der Waals surface area contributed by atoms with E-state index in [9.17, 15) is 14.4 Å². The summed E-state index contributed by atoms with van der Waals surface area (Å²) in [7, 11) is 0. The maximum absolute atomic E-state index is 11.9. The van der Waals surface area contributed by atoms with Crippen LogP contribution in [0.4, 0.5) is 10.5 Å². The molecule has 0 aliphatic rings. The number of pyridine rings is 1. The first-order valence-corrected chi connectivity index (χ1v) is 9.59. The summed E-state index contributed by atoms with van der Waals surface area (Å²) in [5.41, 5.74) is 4.18. The zero-order valence-electron chi connectivity index (χ0n) is 16.9. The Balaban J connectivity index is 1.41. The summed E-state index contributed by atoms with van der Waals surface area (Å²) in [5.74, 6) is -1.23. The van der Waals surface area contributed by atoms with Crippen molar-refractivity contribution < 1.29 is 19.1 Å². The number of aromatic nitrogens is 1. The minimum absolute atomic E-state index is 0.0907. The number of benzene rings is 2. The number of anilines is 1. The molecule has 0 aliphatic carbocycles. The fourth-order valence-corrected chi connectivity index (χ4v) is 2.97. The van der Waals surface area contributed by atoms with Crippen LogP contribution in [0.2, 0.25) is 0 Å². The predicted molar refractivity (Wildman–Crippen MR) is 114 cm³/mol. The van der Waals surface area contributed by atoms with Gasteiger partial charge in [0.1, 0.15) is 0 Å². The molecular weight excluding hydrogens is 382 g/mol. The summed E-state index contributed by atoms with van der Waals surface area (Å²) < 4.78 is 4.94. The van der Waals surface area contributed by atoms with E-state index >= 15 is 0 Å². The number of nitrogens with one attached hydrogen (secondary N) is 2. The minimum Gasteiger partial charge on any atom is -0.456 e. The van der Waals surface area contributed by atoms with Gasteiger partial charge in [0.15, 0.2) is 6.61 Å². The van der Waals surface area contributed by atoms with Crippen molar-refractivity contribution in [2.24, 2.45) is 0 Å². The molecular formula is C23H23N3O4. The number of imide groups is 1. The van der Waals surface area contributed by atoms with Crippen molar-refractivity contribution in [3.8, 4) is 0 Å². The highest BCUT2D eigenvalue weighted by atomic mass is 16.5. The van der Waals surface area contributed by atoms with Crippen molar-refractivity contribution in [3.63, 3.8) is 0 Å². The number of aryl methyl sites for hydroxylation is 3. The Morgan fingerprint density at radius 2 is 1.80 bits per heavy atom. The molecule has 30 heavy (non-hydrogen) atoms. The van der Waals surface area contributed by atoms with Crippen molar-refractivity contribution >= 4 is 34.5 Å². The second-order valence-corrected chi connectivity index (χ2v) is 6.98. The zero-order valence-corrected chi connectivity index (χ0v) is 16.9. The maximum Gasteiger partial charge on any atom is 0.325 e. The van der Waals surface area contributed by atoms with Crippen molar-refractivity contribution in [2.75, 3.05) is 11.9 Å². The van der Waals surface area contributed by atoms with Gasteiger partial charge in [0.05, 0.1) is 11.9 Å². The molecule has 0 unspecified atom stereocenters. The molecule has 0 saturated carbocycles. The van der Waals surface area contributed by atoms with Crippen LogP contribution in [0.15, 0.2) is 54.6 Å². The van der Waals surface area contributed by atoms with Gasteiger partial charge < -0.3 is 10.1 Å². The van der Waals surface area contributed by atoms with Gasteiger partial charge in [0.2, 0.25) is 0 Å². The highest BCUT2D eigenvalue weighted by Gasteiger charge is 2.12. The van der Waals surface area contributed by atoms with E-state index in [2.05, 4.69) is 15.6 Å². The molecule has 0 bridgehead atoms. The normalized spacial score (nSPS) is 10.5. The van der Waals surface area contributed by atoms with Gasteiger partial charge in [0, 0.05) is 23.2 Å². The van der Waals surface area contributed by atoms with Crippen molar-refractivity contribution in [1.82, 2.24) is 10.3 Å². The summed E-state index contributed by atoms with van der Waals surface area (Å²) in [5, 5.41) is 5.77. The molecule has 2 aromatic carbocycles.